The number of aliphatic hydroxyl groups is 2. The smallest absolute Gasteiger partial charge is 0.318 e. The molecule has 1 aliphatic rings. The van der Waals surface area contributed by atoms with Crippen molar-refractivity contribution >= 4 is 17.8 Å². The van der Waals surface area contributed by atoms with E-state index < -0.39 is 42.1 Å². The first-order valence-corrected chi connectivity index (χ1v) is 9.86. The SMILES string of the molecule is NC(=O)[C@H](Cc1c[nH]cn1)NC(=O)[C@H](Cc1ccccc1)NC(=O)N1C[C@@H](O)[C@@H](O)C1. The lowest BCUT2D eigenvalue weighted by atomic mass is 10.0. The Morgan fingerprint density at radius 2 is 1.77 bits per heavy atom. The third-order valence-electron chi connectivity index (χ3n) is 5.07. The van der Waals surface area contributed by atoms with Crippen LogP contribution in [-0.4, -0.2) is 80.3 Å². The van der Waals surface area contributed by atoms with Crippen molar-refractivity contribution in [1.29, 1.82) is 0 Å². The standard InChI is InChI=1S/C20H26N6O5/c21-18(29)14(7-13-8-22-11-23-13)24-19(30)15(6-12-4-2-1-3-5-12)25-20(31)26-9-16(27)17(28)10-26/h1-5,8,11,14-17,27-28H,6-7,9-10H2,(H2,21,29)(H,22,23)(H,24,30)(H,25,31)/t14-,15-,16-,17+/m0/s1. The zero-order valence-electron chi connectivity index (χ0n) is 16.8. The van der Waals surface area contributed by atoms with E-state index in [1.165, 1.54) is 11.2 Å². The number of amides is 4. The van der Waals surface area contributed by atoms with Crippen LogP contribution in [-0.2, 0) is 22.4 Å². The summed E-state index contributed by atoms with van der Waals surface area (Å²) in [6.45, 7) is -0.0918. The molecule has 11 nitrogen and oxygen atoms in total. The molecule has 1 saturated heterocycles. The highest BCUT2D eigenvalue weighted by Gasteiger charge is 2.34. The first-order chi connectivity index (χ1) is 14.8. The van der Waals surface area contributed by atoms with Crippen LogP contribution in [0.5, 0.6) is 0 Å². The van der Waals surface area contributed by atoms with Gasteiger partial charge in [-0.15, -0.1) is 0 Å². The summed E-state index contributed by atoms with van der Waals surface area (Å²) in [4.78, 5) is 45.5. The molecule has 11 heteroatoms. The highest BCUT2D eigenvalue weighted by molar-refractivity contribution is 5.91. The molecule has 4 amide bonds. The summed E-state index contributed by atoms with van der Waals surface area (Å²) in [6.07, 6.45) is 1.23. The summed E-state index contributed by atoms with van der Waals surface area (Å²) in [6, 6.07) is 6.45. The van der Waals surface area contributed by atoms with Gasteiger partial charge in [0.2, 0.25) is 11.8 Å². The van der Waals surface area contributed by atoms with Gasteiger partial charge in [-0.3, -0.25) is 9.59 Å². The van der Waals surface area contributed by atoms with Gasteiger partial charge in [0.25, 0.3) is 0 Å². The van der Waals surface area contributed by atoms with Crippen molar-refractivity contribution in [2.75, 3.05) is 13.1 Å². The Morgan fingerprint density at radius 1 is 1.10 bits per heavy atom. The van der Waals surface area contributed by atoms with E-state index >= 15 is 0 Å². The van der Waals surface area contributed by atoms with Crippen LogP contribution in [0.25, 0.3) is 0 Å². The zero-order valence-corrected chi connectivity index (χ0v) is 16.8. The van der Waals surface area contributed by atoms with Crippen molar-refractivity contribution in [3.8, 4) is 0 Å². The number of H-pyrrole nitrogens is 1. The van der Waals surface area contributed by atoms with E-state index in [4.69, 9.17) is 5.73 Å². The lowest BCUT2D eigenvalue weighted by Crippen LogP contribution is -2.56. The highest BCUT2D eigenvalue weighted by Crippen LogP contribution is 2.11. The third kappa shape index (κ3) is 6.03. The van der Waals surface area contributed by atoms with Gasteiger partial charge < -0.3 is 36.5 Å². The maximum atomic E-state index is 13.0. The van der Waals surface area contributed by atoms with Crippen LogP contribution in [0.3, 0.4) is 0 Å². The van der Waals surface area contributed by atoms with Crippen LogP contribution >= 0.6 is 0 Å². The van der Waals surface area contributed by atoms with Gasteiger partial charge in [0, 0.05) is 19.0 Å². The second-order valence-corrected chi connectivity index (χ2v) is 7.46. The number of nitrogens with zero attached hydrogens (tertiary/aromatic N) is 2. The molecule has 0 spiro atoms. The topological polar surface area (TPSA) is 174 Å². The molecule has 0 radical (unpaired) electrons. The van der Waals surface area contributed by atoms with Crippen molar-refractivity contribution in [2.24, 2.45) is 5.73 Å². The second-order valence-electron chi connectivity index (χ2n) is 7.46. The Morgan fingerprint density at radius 3 is 2.35 bits per heavy atom. The van der Waals surface area contributed by atoms with Gasteiger partial charge in [-0.1, -0.05) is 30.3 Å². The summed E-state index contributed by atoms with van der Waals surface area (Å²) in [5.41, 5.74) is 6.79. The number of benzene rings is 1. The zero-order chi connectivity index (χ0) is 22.4. The average Bonchev–Trinajstić information content (AvgIpc) is 3.37. The van der Waals surface area contributed by atoms with Gasteiger partial charge in [0.15, 0.2) is 0 Å². The van der Waals surface area contributed by atoms with E-state index in [0.717, 1.165) is 5.56 Å². The first kappa shape index (κ1) is 22.2. The van der Waals surface area contributed by atoms with Gasteiger partial charge >= 0.3 is 6.03 Å². The number of urea groups is 1. The fraction of sp³-hybridized carbons (Fsp3) is 0.400. The molecule has 0 saturated carbocycles. The van der Waals surface area contributed by atoms with E-state index in [0.29, 0.717) is 5.69 Å². The summed E-state index contributed by atoms with van der Waals surface area (Å²) in [7, 11) is 0. The van der Waals surface area contributed by atoms with Crippen LogP contribution in [0.1, 0.15) is 11.3 Å². The van der Waals surface area contributed by atoms with Crippen LogP contribution in [0.4, 0.5) is 4.79 Å². The van der Waals surface area contributed by atoms with Crippen molar-refractivity contribution in [1.82, 2.24) is 25.5 Å². The van der Waals surface area contributed by atoms with Gasteiger partial charge in [-0.25, -0.2) is 9.78 Å². The maximum absolute atomic E-state index is 13.0. The van der Waals surface area contributed by atoms with Crippen molar-refractivity contribution in [3.05, 3.63) is 54.1 Å². The lowest BCUT2D eigenvalue weighted by Gasteiger charge is -2.24. The number of imidazole rings is 1. The molecule has 2 aromatic rings. The number of aromatic amines is 1. The van der Waals surface area contributed by atoms with E-state index in [-0.39, 0.29) is 25.9 Å². The summed E-state index contributed by atoms with van der Waals surface area (Å²) >= 11 is 0. The summed E-state index contributed by atoms with van der Waals surface area (Å²) in [5, 5.41) is 24.6. The van der Waals surface area contributed by atoms with Crippen molar-refractivity contribution in [3.63, 3.8) is 0 Å². The van der Waals surface area contributed by atoms with E-state index in [9.17, 15) is 24.6 Å². The van der Waals surface area contributed by atoms with Gasteiger partial charge in [-0.2, -0.15) is 0 Å². The number of nitrogens with two attached hydrogens (primary N) is 1. The Balaban J connectivity index is 1.72. The third-order valence-corrected chi connectivity index (χ3v) is 5.07. The van der Waals surface area contributed by atoms with Crippen LogP contribution in [0.15, 0.2) is 42.9 Å². The number of likely N-dealkylation sites (tertiary alicyclic amines) is 1. The molecule has 1 fully saturated rings. The molecular weight excluding hydrogens is 404 g/mol. The molecular formula is C20H26N6O5. The molecule has 1 aromatic heterocycles. The number of nitrogens with one attached hydrogen (secondary N) is 3. The molecule has 0 bridgehead atoms. The molecule has 1 aliphatic heterocycles. The Kier molecular flexibility index (Phi) is 7.21. The predicted octanol–water partition coefficient (Wildman–Crippen LogP) is -1.72. The minimum Gasteiger partial charge on any atom is -0.388 e. The monoisotopic (exact) mass is 430 g/mol. The largest absolute Gasteiger partial charge is 0.388 e. The molecule has 0 unspecified atom stereocenters. The minimum absolute atomic E-state index is 0.0459. The molecule has 4 atom stereocenters. The fourth-order valence-electron chi connectivity index (χ4n) is 3.34. The Bertz CT molecular complexity index is 881. The van der Waals surface area contributed by atoms with Crippen molar-refractivity contribution < 1.29 is 24.6 Å². The number of primary amides is 1. The average molecular weight is 430 g/mol. The fourth-order valence-corrected chi connectivity index (χ4v) is 3.34. The number of hydrogen-bond donors (Lipinski definition) is 6. The minimum atomic E-state index is -1.04. The normalized spacial score (nSPS) is 20.1. The molecule has 1 aromatic carbocycles. The number of aromatic nitrogens is 2. The molecule has 31 heavy (non-hydrogen) atoms. The summed E-state index contributed by atoms with van der Waals surface area (Å²) < 4.78 is 0. The molecule has 0 aliphatic carbocycles. The van der Waals surface area contributed by atoms with E-state index in [2.05, 4.69) is 20.6 Å². The number of rotatable bonds is 8. The molecule has 3 rings (SSSR count). The molecule has 7 N–H and O–H groups in total. The van der Waals surface area contributed by atoms with E-state index in [1.807, 2.05) is 30.3 Å². The Labute approximate surface area is 178 Å². The van der Waals surface area contributed by atoms with Gasteiger partial charge in [0.1, 0.15) is 12.1 Å². The van der Waals surface area contributed by atoms with Crippen LogP contribution in [0, 0.1) is 0 Å². The number of aliphatic hydroxyl groups excluding tert-OH is 2. The molecule has 2 heterocycles. The lowest BCUT2D eigenvalue weighted by molar-refractivity contribution is -0.128. The van der Waals surface area contributed by atoms with Gasteiger partial charge in [-0.05, 0) is 5.56 Å². The quantitative estimate of drug-likeness (QED) is 0.290. The predicted molar refractivity (Wildman–Crippen MR) is 109 cm³/mol. The van der Waals surface area contributed by atoms with Crippen LogP contribution in [0.2, 0.25) is 0 Å². The van der Waals surface area contributed by atoms with Crippen LogP contribution < -0.4 is 16.4 Å². The van der Waals surface area contributed by atoms with E-state index in [1.54, 1.807) is 6.20 Å². The number of carbonyl (C=O) groups excluding carboxylic acids is 3. The van der Waals surface area contributed by atoms with Crippen molar-refractivity contribution in [2.45, 2.75) is 37.1 Å². The molecule has 166 valence electrons. The maximum Gasteiger partial charge on any atom is 0.318 e. The second kappa shape index (κ2) is 10.0. The number of β-amino-alcohol motifs (C(OH)–C–C–N with tert-alkyl or cyclic N) is 2. The van der Waals surface area contributed by atoms with Gasteiger partial charge in [0.05, 0.1) is 37.3 Å². The first-order valence-electron chi connectivity index (χ1n) is 9.86. The highest BCUT2D eigenvalue weighted by atomic mass is 16.3. The number of hydrogen-bond acceptors (Lipinski definition) is 6. The Hall–Kier alpha value is -3.44. The summed E-state index contributed by atoms with van der Waals surface area (Å²) in [5.74, 6) is -1.32. The number of carbonyl (C=O) groups is 3.